The van der Waals surface area contributed by atoms with E-state index in [1.165, 1.54) is 0 Å². The third-order valence-electron chi connectivity index (χ3n) is 8.29. The van der Waals surface area contributed by atoms with Gasteiger partial charge in [-0.05, 0) is 48.2 Å². The third kappa shape index (κ3) is 5.25. The number of anilines is 1. The van der Waals surface area contributed by atoms with Gasteiger partial charge in [0, 0.05) is 42.8 Å². The highest BCUT2D eigenvalue weighted by atomic mass is 16.7. The number of H-pyrrole nitrogens is 1. The van der Waals surface area contributed by atoms with Crippen molar-refractivity contribution in [1.82, 2.24) is 14.5 Å². The smallest absolute Gasteiger partial charge is 0.326 e. The molecular formula is C31H36N4O4. The Kier molecular flexibility index (Phi) is 7.27. The molecule has 6 rings (SSSR count). The molecule has 39 heavy (non-hydrogen) atoms. The predicted octanol–water partition coefficient (Wildman–Crippen LogP) is 4.53. The zero-order valence-corrected chi connectivity index (χ0v) is 22.2. The minimum atomic E-state index is -0.528. The number of aliphatic hydroxyl groups is 1. The van der Waals surface area contributed by atoms with E-state index in [4.69, 9.17) is 15.2 Å². The summed E-state index contributed by atoms with van der Waals surface area (Å²) in [6.45, 7) is 4.76. The van der Waals surface area contributed by atoms with Crippen LogP contribution in [0.4, 0.5) is 5.69 Å². The van der Waals surface area contributed by atoms with Crippen LogP contribution in [0, 0.1) is 5.92 Å². The van der Waals surface area contributed by atoms with Crippen molar-refractivity contribution in [2.75, 3.05) is 25.4 Å². The number of nitrogen functional groups attached to an aromatic ring is 1. The van der Waals surface area contributed by atoms with Gasteiger partial charge in [0.05, 0.1) is 29.8 Å². The number of aromatic amines is 1. The van der Waals surface area contributed by atoms with Crippen LogP contribution >= 0.6 is 0 Å². The van der Waals surface area contributed by atoms with Gasteiger partial charge in [-0.2, -0.15) is 0 Å². The first-order valence-corrected chi connectivity index (χ1v) is 13.8. The Morgan fingerprint density at radius 1 is 0.974 bits per heavy atom. The van der Waals surface area contributed by atoms with Gasteiger partial charge in [-0.3, -0.25) is 4.57 Å². The second-order valence-electron chi connectivity index (χ2n) is 10.8. The third-order valence-corrected chi connectivity index (χ3v) is 8.29. The summed E-state index contributed by atoms with van der Waals surface area (Å²) in [6.07, 6.45) is 1.07. The summed E-state index contributed by atoms with van der Waals surface area (Å²) in [5, 5.41) is 9.49. The van der Waals surface area contributed by atoms with Crippen LogP contribution in [-0.4, -0.2) is 45.3 Å². The number of nitrogens with zero attached hydrogens (tertiary/aromatic N) is 2. The molecule has 4 aromatic rings. The number of aliphatic hydroxyl groups excluding tert-OH is 1. The first-order chi connectivity index (χ1) is 19.0. The van der Waals surface area contributed by atoms with Gasteiger partial charge < -0.3 is 30.2 Å². The van der Waals surface area contributed by atoms with E-state index in [0.29, 0.717) is 5.69 Å². The van der Waals surface area contributed by atoms with Crippen LogP contribution in [0.2, 0.25) is 0 Å². The van der Waals surface area contributed by atoms with Crippen molar-refractivity contribution in [3.63, 3.8) is 0 Å². The van der Waals surface area contributed by atoms with Gasteiger partial charge in [0.2, 0.25) is 0 Å². The maximum Gasteiger partial charge on any atom is 0.326 e. The van der Waals surface area contributed by atoms with Gasteiger partial charge in [0.1, 0.15) is 0 Å². The summed E-state index contributed by atoms with van der Waals surface area (Å²) in [7, 11) is 0. The Morgan fingerprint density at radius 2 is 1.74 bits per heavy atom. The van der Waals surface area contributed by atoms with Gasteiger partial charge >= 0.3 is 5.69 Å². The number of ether oxygens (including phenoxy) is 2. The first-order valence-electron chi connectivity index (χ1n) is 13.8. The molecule has 8 heteroatoms. The molecule has 2 aliphatic rings. The summed E-state index contributed by atoms with van der Waals surface area (Å²) in [6, 6.07) is 23.7. The van der Waals surface area contributed by atoms with E-state index >= 15 is 0 Å². The molecule has 2 fully saturated rings. The highest BCUT2D eigenvalue weighted by Gasteiger charge is 2.39. The standard InChI is InChI=1S/C31H36N4O4/c1-20-28(18-34-15-13-25(14-16-34)35-27-8-3-2-7-26(27)33-31(35)37)38-30(23-5-4-6-24(32)17-23)39-29(20)22-11-9-21(19-36)10-12-22/h2-12,17,20,25,28-30,36H,13-16,18-19,32H2,1H3,(H,33,37). The maximum absolute atomic E-state index is 12.7. The highest BCUT2D eigenvalue weighted by molar-refractivity contribution is 5.75. The topological polar surface area (TPSA) is 106 Å². The molecule has 0 spiro atoms. The predicted molar refractivity (Wildman–Crippen MR) is 151 cm³/mol. The van der Waals surface area contributed by atoms with Gasteiger partial charge in [-0.1, -0.05) is 55.5 Å². The van der Waals surface area contributed by atoms with Crippen LogP contribution in [-0.2, 0) is 16.1 Å². The summed E-state index contributed by atoms with van der Waals surface area (Å²) >= 11 is 0. The van der Waals surface area contributed by atoms with E-state index in [9.17, 15) is 9.90 Å². The second kappa shape index (κ2) is 11.0. The summed E-state index contributed by atoms with van der Waals surface area (Å²) < 4.78 is 15.1. The molecule has 4 atom stereocenters. The Morgan fingerprint density at radius 3 is 2.49 bits per heavy atom. The monoisotopic (exact) mass is 528 g/mol. The maximum atomic E-state index is 12.7. The van der Waals surface area contributed by atoms with Crippen LogP contribution < -0.4 is 11.4 Å². The fourth-order valence-corrected chi connectivity index (χ4v) is 6.09. The van der Waals surface area contributed by atoms with E-state index in [2.05, 4.69) is 16.8 Å². The molecule has 4 N–H and O–H groups in total. The average Bonchev–Trinajstić information content (AvgIpc) is 3.30. The van der Waals surface area contributed by atoms with Crippen LogP contribution in [0.3, 0.4) is 0 Å². The number of rotatable bonds is 6. The van der Waals surface area contributed by atoms with Crippen LogP contribution in [0.5, 0.6) is 0 Å². The van der Waals surface area contributed by atoms with Crippen molar-refractivity contribution in [3.05, 3.63) is 100.0 Å². The zero-order chi connectivity index (χ0) is 26.9. The molecule has 1 aromatic heterocycles. The summed E-state index contributed by atoms with van der Waals surface area (Å²) in [5.74, 6) is 0.108. The molecule has 0 radical (unpaired) electrons. The lowest BCUT2D eigenvalue weighted by molar-refractivity contribution is -0.276. The molecule has 4 unspecified atom stereocenters. The largest absolute Gasteiger partial charge is 0.399 e. The van der Waals surface area contributed by atoms with Gasteiger partial charge in [0.15, 0.2) is 6.29 Å². The number of imidazole rings is 1. The normalized spacial score (nSPS) is 24.8. The average molecular weight is 529 g/mol. The molecular weight excluding hydrogens is 492 g/mol. The highest BCUT2D eigenvalue weighted by Crippen LogP contribution is 2.42. The molecule has 0 saturated carbocycles. The summed E-state index contributed by atoms with van der Waals surface area (Å²) in [5.41, 5.74) is 11.4. The van der Waals surface area contributed by atoms with E-state index in [1.807, 2.05) is 77.4 Å². The second-order valence-corrected chi connectivity index (χ2v) is 10.8. The quantitative estimate of drug-likeness (QED) is 0.318. The fourth-order valence-electron chi connectivity index (χ4n) is 6.09. The molecule has 2 saturated heterocycles. The van der Waals surface area contributed by atoms with Crippen molar-refractivity contribution in [1.29, 1.82) is 0 Å². The van der Waals surface area contributed by atoms with Gasteiger partial charge in [-0.15, -0.1) is 0 Å². The van der Waals surface area contributed by atoms with E-state index in [-0.39, 0.29) is 36.5 Å². The fraction of sp³-hybridized carbons (Fsp3) is 0.387. The summed E-state index contributed by atoms with van der Waals surface area (Å²) in [4.78, 5) is 18.2. The lowest BCUT2D eigenvalue weighted by atomic mass is 9.89. The number of aromatic nitrogens is 2. The Balaban J connectivity index is 1.19. The van der Waals surface area contributed by atoms with Crippen LogP contribution in [0.25, 0.3) is 11.0 Å². The molecule has 0 aliphatic carbocycles. The SMILES string of the molecule is CC1C(CN2CCC(n3c(=O)[nH]c4ccccc43)CC2)OC(c2cccc(N)c2)OC1c1ccc(CO)cc1. The molecule has 0 amide bonds. The minimum Gasteiger partial charge on any atom is -0.399 e. The number of benzene rings is 3. The molecule has 204 valence electrons. The number of nitrogens with two attached hydrogens (primary N) is 1. The first kappa shape index (κ1) is 25.8. The molecule has 2 aliphatic heterocycles. The molecule has 3 aromatic carbocycles. The molecule has 0 bridgehead atoms. The number of hydrogen-bond donors (Lipinski definition) is 3. The zero-order valence-electron chi connectivity index (χ0n) is 22.2. The number of nitrogens with one attached hydrogen (secondary N) is 1. The Labute approximate surface area is 228 Å². The van der Waals surface area contributed by atoms with Crippen LogP contribution in [0.1, 0.15) is 54.9 Å². The van der Waals surface area contributed by atoms with E-state index in [1.54, 1.807) is 0 Å². The minimum absolute atomic E-state index is 0.0135. The number of likely N-dealkylation sites (tertiary alicyclic amines) is 1. The van der Waals surface area contributed by atoms with Crippen molar-refractivity contribution in [3.8, 4) is 0 Å². The Hall–Kier alpha value is -3.43. The molecule has 8 nitrogen and oxygen atoms in total. The molecule has 3 heterocycles. The number of piperidine rings is 1. The number of para-hydroxylation sites is 2. The number of fused-ring (bicyclic) bond motifs is 1. The van der Waals surface area contributed by atoms with Gasteiger partial charge in [-0.25, -0.2) is 4.79 Å². The van der Waals surface area contributed by atoms with Gasteiger partial charge in [0.25, 0.3) is 0 Å². The Bertz CT molecular complexity index is 1470. The lowest BCUT2D eigenvalue weighted by Gasteiger charge is -2.44. The van der Waals surface area contributed by atoms with Crippen molar-refractivity contribution < 1.29 is 14.6 Å². The van der Waals surface area contributed by atoms with E-state index in [0.717, 1.165) is 60.2 Å². The van der Waals surface area contributed by atoms with Crippen molar-refractivity contribution >= 4 is 16.7 Å². The van der Waals surface area contributed by atoms with Crippen LogP contribution in [0.15, 0.2) is 77.6 Å². The van der Waals surface area contributed by atoms with E-state index < -0.39 is 6.29 Å². The lowest BCUT2D eigenvalue weighted by Crippen LogP contribution is -2.47. The van der Waals surface area contributed by atoms with Crippen molar-refractivity contribution in [2.24, 2.45) is 5.92 Å². The number of hydrogen-bond acceptors (Lipinski definition) is 6. The van der Waals surface area contributed by atoms with Crippen molar-refractivity contribution in [2.45, 2.75) is 50.9 Å².